The zero-order chi connectivity index (χ0) is 21.6. The number of carbonyl (C=O) groups is 4. The van der Waals surface area contributed by atoms with Crippen LogP contribution in [0.1, 0.15) is 60.2 Å². The second-order valence-corrected chi connectivity index (χ2v) is 8.23. The van der Waals surface area contributed by atoms with Gasteiger partial charge in [-0.15, -0.1) is 0 Å². The number of rotatable bonds is 6. The average molecular weight is 415 g/mol. The lowest BCUT2D eigenvalue weighted by molar-refractivity contribution is -0.136. The van der Waals surface area contributed by atoms with Gasteiger partial charge in [0, 0.05) is 18.5 Å². The van der Waals surface area contributed by atoms with Crippen LogP contribution in [0.5, 0.6) is 11.5 Å². The highest BCUT2D eigenvalue weighted by atomic mass is 16.5. The number of benzene rings is 1. The van der Waals surface area contributed by atoms with E-state index >= 15 is 0 Å². The van der Waals surface area contributed by atoms with Gasteiger partial charge >= 0.3 is 0 Å². The second-order valence-electron chi connectivity index (χ2n) is 8.23. The molecule has 2 N–H and O–H groups in total. The van der Waals surface area contributed by atoms with Gasteiger partial charge < -0.3 is 14.8 Å². The Morgan fingerprint density at radius 2 is 1.70 bits per heavy atom. The Morgan fingerprint density at radius 1 is 1.07 bits per heavy atom. The smallest absolute Gasteiger partial charge is 0.262 e. The maximum absolute atomic E-state index is 13.0. The number of carbonyl (C=O) groups excluding carboxylic acids is 4. The third kappa shape index (κ3) is 3.54. The van der Waals surface area contributed by atoms with Crippen LogP contribution >= 0.6 is 0 Å². The minimum Gasteiger partial charge on any atom is -0.493 e. The first kappa shape index (κ1) is 20.3. The Kier molecular flexibility index (Phi) is 5.23. The van der Waals surface area contributed by atoms with E-state index < -0.39 is 29.7 Å². The third-order valence-electron chi connectivity index (χ3n) is 5.68. The number of amides is 4. The molecule has 4 amide bonds. The molecule has 4 rings (SSSR count). The number of fused-ring (bicyclic) bond motifs is 1. The Hall–Kier alpha value is -2.94. The molecule has 9 nitrogen and oxygen atoms in total. The summed E-state index contributed by atoms with van der Waals surface area (Å²) < 4.78 is 11.4. The third-order valence-corrected chi connectivity index (χ3v) is 5.68. The van der Waals surface area contributed by atoms with E-state index in [2.05, 4.69) is 24.5 Å². The maximum atomic E-state index is 13.0. The van der Waals surface area contributed by atoms with Gasteiger partial charge in [0.15, 0.2) is 11.5 Å². The molecule has 1 aromatic carbocycles. The number of nitrogens with one attached hydrogen (secondary N) is 2. The number of imide groups is 2. The lowest BCUT2D eigenvalue weighted by Gasteiger charge is -2.37. The summed E-state index contributed by atoms with van der Waals surface area (Å²) in [6.45, 7) is 4.18. The van der Waals surface area contributed by atoms with Gasteiger partial charge in [-0.2, -0.15) is 0 Å². The van der Waals surface area contributed by atoms with Gasteiger partial charge in [-0.05, 0) is 31.4 Å². The summed E-state index contributed by atoms with van der Waals surface area (Å²) in [5.74, 6) is -1.42. The molecule has 0 spiro atoms. The van der Waals surface area contributed by atoms with Crippen molar-refractivity contribution in [1.29, 1.82) is 0 Å². The fraction of sp³-hybridized carbons (Fsp3) is 0.524. The highest BCUT2D eigenvalue weighted by Gasteiger charge is 2.45. The molecular formula is C21H25N3O6. The fourth-order valence-corrected chi connectivity index (χ4v) is 4.18. The van der Waals surface area contributed by atoms with Crippen LogP contribution in [0.4, 0.5) is 0 Å². The van der Waals surface area contributed by atoms with Crippen molar-refractivity contribution in [2.24, 2.45) is 0 Å². The molecule has 2 aliphatic heterocycles. The van der Waals surface area contributed by atoms with Crippen LogP contribution in [-0.4, -0.2) is 59.9 Å². The quantitative estimate of drug-likeness (QED) is 0.667. The van der Waals surface area contributed by atoms with Gasteiger partial charge in [0.2, 0.25) is 11.8 Å². The molecule has 3 aliphatic rings. The standard InChI is InChI=1S/C21H25N3O6/c1-10(2)22-11-6-12(7-11)30-17-9-14-13(8-16(17)29-3)20(27)24(21(14)28)15-4-5-18(25)23-19(15)26/h8-12,15,22H,4-7H2,1-3H3,(H,23,25,26)/t11-,12-,15?. The van der Waals surface area contributed by atoms with Crippen molar-refractivity contribution >= 4 is 23.6 Å². The molecule has 0 aromatic heterocycles. The molecule has 30 heavy (non-hydrogen) atoms. The van der Waals surface area contributed by atoms with Crippen LogP contribution < -0.4 is 20.1 Å². The van der Waals surface area contributed by atoms with E-state index in [9.17, 15) is 19.2 Å². The minimum atomic E-state index is -1.00. The van der Waals surface area contributed by atoms with Crippen molar-refractivity contribution in [2.75, 3.05) is 7.11 Å². The highest BCUT2D eigenvalue weighted by Crippen LogP contribution is 2.38. The Balaban J connectivity index is 1.54. The number of methoxy groups -OCH3 is 1. The average Bonchev–Trinajstić information content (AvgIpc) is 2.89. The molecule has 1 unspecified atom stereocenters. The summed E-state index contributed by atoms with van der Waals surface area (Å²) in [4.78, 5) is 50.4. The summed E-state index contributed by atoms with van der Waals surface area (Å²) >= 11 is 0. The van der Waals surface area contributed by atoms with Gasteiger partial charge in [-0.25, -0.2) is 0 Å². The lowest BCUT2D eigenvalue weighted by Crippen LogP contribution is -2.54. The SMILES string of the molecule is COc1cc2c(cc1O[C@H]1C[C@H](NC(C)C)C1)C(=O)N(C1CCC(=O)NC1=O)C2=O. The number of nitrogens with zero attached hydrogens (tertiary/aromatic N) is 1. The van der Waals surface area contributed by atoms with Crippen molar-refractivity contribution in [1.82, 2.24) is 15.5 Å². The van der Waals surface area contributed by atoms with Crippen LogP contribution in [0.25, 0.3) is 0 Å². The zero-order valence-electron chi connectivity index (χ0n) is 17.2. The molecular weight excluding hydrogens is 390 g/mol. The van der Waals surface area contributed by atoms with Crippen molar-refractivity contribution in [3.63, 3.8) is 0 Å². The predicted molar refractivity (Wildman–Crippen MR) is 105 cm³/mol. The number of hydrogen-bond donors (Lipinski definition) is 2. The summed E-state index contributed by atoms with van der Waals surface area (Å²) in [7, 11) is 1.47. The maximum Gasteiger partial charge on any atom is 0.262 e. The van der Waals surface area contributed by atoms with Gasteiger partial charge in [0.05, 0.1) is 18.2 Å². The van der Waals surface area contributed by atoms with Gasteiger partial charge in [0.25, 0.3) is 11.8 Å². The Bertz CT molecular complexity index is 922. The Labute approximate surface area is 174 Å². The van der Waals surface area contributed by atoms with Gasteiger partial charge in [-0.1, -0.05) is 13.8 Å². The van der Waals surface area contributed by atoms with Crippen LogP contribution in [0.2, 0.25) is 0 Å². The summed E-state index contributed by atoms with van der Waals surface area (Å²) in [6, 6.07) is 2.79. The fourth-order valence-electron chi connectivity index (χ4n) is 4.18. The van der Waals surface area contributed by atoms with Gasteiger partial charge in [0.1, 0.15) is 12.1 Å². The van der Waals surface area contributed by atoms with E-state index in [-0.39, 0.29) is 30.1 Å². The van der Waals surface area contributed by atoms with E-state index in [0.717, 1.165) is 17.7 Å². The molecule has 1 atom stereocenters. The second kappa shape index (κ2) is 7.71. The highest BCUT2D eigenvalue weighted by molar-refractivity contribution is 6.23. The molecule has 1 aliphatic carbocycles. The first-order chi connectivity index (χ1) is 14.3. The van der Waals surface area contributed by atoms with Crippen LogP contribution in [-0.2, 0) is 9.59 Å². The zero-order valence-corrected chi connectivity index (χ0v) is 17.2. The van der Waals surface area contributed by atoms with Crippen molar-refractivity contribution < 1.29 is 28.7 Å². The summed E-state index contributed by atoms with van der Waals surface area (Å²) in [6.07, 6.45) is 1.87. The summed E-state index contributed by atoms with van der Waals surface area (Å²) in [5, 5.41) is 5.64. The monoisotopic (exact) mass is 415 g/mol. The number of piperidine rings is 1. The first-order valence-corrected chi connectivity index (χ1v) is 10.1. The van der Waals surface area contributed by atoms with Crippen molar-refractivity contribution in [3.05, 3.63) is 23.3 Å². The molecule has 0 radical (unpaired) electrons. The molecule has 0 bridgehead atoms. The number of ether oxygens (including phenoxy) is 2. The first-order valence-electron chi connectivity index (χ1n) is 10.1. The molecule has 1 saturated heterocycles. The van der Waals surface area contributed by atoms with Gasteiger partial charge in [-0.3, -0.25) is 29.4 Å². The van der Waals surface area contributed by atoms with Crippen molar-refractivity contribution in [2.45, 2.75) is 63.8 Å². The van der Waals surface area contributed by atoms with E-state index in [0.29, 0.717) is 23.6 Å². The minimum absolute atomic E-state index is 0.00774. The topological polar surface area (TPSA) is 114 Å². The summed E-state index contributed by atoms with van der Waals surface area (Å²) in [5.41, 5.74) is 0.346. The van der Waals surface area contributed by atoms with E-state index in [1.807, 2.05) is 0 Å². The van der Waals surface area contributed by atoms with E-state index in [1.165, 1.54) is 19.2 Å². The molecule has 1 saturated carbocycles. The van der Waals surface area contributed by atoms with E-state index in [1.54, 1.807) is 0 Å². The number of hydrogen-bond acceptors (Lipinski definition) is 7. The lowest BCUT2D eigenvalue weighted by atomic mass is 9.88. The van der Waals surface area contributed by atoms with Crippen LogP contribution in [0.15, 0.2) is 12.1 Å². The van der Waals surface area contributed by atoms with Crippen LogP contribution in [0, 0.1) is 0 Å². The molecule has 160 valence electrons. The predicted octanol–water partition coefficient (Wildman–Crippen LogP) is 1.00. The molecule has 1 aromatic rings. The normalized spacial score (nSPS) is 25.9. The Morgan fingerprint density at radius 3 is 2.27 bits per heavy atom. The molecule has 2 heterocycles. The molecule has 9 heteroatoms. The van der Waals surface area contributed by atoms with Crippen LogP contribution in [0.3, 0.4) is 0 Å². The molecule has 2 fully saturated rings. The van der Waals surface area contributed by atoms with Crippen molar-refractivity contribution in [3.8, 4) is 11.5 Å². The largest absolute Gasteiger partial charge is 0.493 e. The van der Waals surface area contributed by atoms with E-state index in [4.69, 9.17) is 9.47 Å².